The van der Waals surface area contributed by atoms with Crippen LogP contribution in [0.5, 0.6) is 0 Å². The van der Waals surface area contributed by atoms with E-state index in [4.69, 9.17) is 0 Å². The van der Waals surface area contributed by atoms with Gasteiger partial charge in [0.05, 0.1) is 0 Å². The van der Waals surface area contributed by atoms with Gasteiger partial charge in [0.2, 0.25) is 5.91 Å². The first-order valence-electron chi connectivity index (χ1n) is 9.23. The Balaban J connectivity index is 1.48. The number of likely N-dealkylation sites (tertiary alicyclic amines) is 1. The maximum atomic E-state index is 12.6. The van der Waals surface area contributed by atoms with Crippen LogP contribution < -0.4 is 5.32 Å². The number of piperidine rings is 1. The Morgan fingerprint density at radius 3 is 2.58 bits per heavy atom. The van der Waals surface area contributed by atoms with E-state index in [0.29, 0.717) is 5.41 Å². The van der Waals surface area contributed by atoms with E-state index in [0.717, 1.165) is 31.1 Å². The Morgan fingerprint density at radius 2 is 2.00 bits per heavy atom. The highest BCUT2D eigenvalue weighted by atomic mass is 32.2. The summed E-state index contributed by atoms with van der Waals surface area (Å²) in [6, 6.07) is 8.15. The van der Waals surface area contributed by atoms with Crippen LogP contribution in [0.25, 0.3) is 0 Å². The van der Waals surface area contributed by atoms with E-state index < -0.39 is 0 Å². The molecule has 1 aliphatic heterocycles. The second-order valence-electron chi connectivity index (χ2n) is 7.65. The quantitative estimate of drug-likeness (QED) is 0.770. The lowest BCUT2D eigenvalue weighted by Gasteiger charge is -2.34. The molecule has 0 bridgehead atoms. The topological polar surface area (TPSA) is 32.3 Å². The third-order valence-corrected chi connectivity index (χ3v) is 6.73. The minimum atomic E-state index is 0.224. The molecule has 2 atom stereocenters. The summed E-state index contributed by atoms with van der Waals surface area (Å²) >= 11 is 1.72. The predicted molar refractivity (Wildman–Crippen MR) is 103 cm³/mol. The Bertz CT molecular complexity index is 564. The van der Waals surface area contributed by atoms with Gasteiger partial charge < -0.3 is 10.2 Å². The predicted octanol–water partition coefficient (Wildman–Crippen LogP) is 4.50. The fourth-order valence-corrected chi connectivity index (χ4v) is 4.33. The monoisotopic (exact) mass is 346 g/mol. The highest BCUT2D eigenvalue weighted by Crippen LogP contribution is 2.59. The summed E-state index contributed by atoms with van der Waals surface area (Å²) in [7, 11) is 0. The zero-order valence-corrected chi connectivity index (χ0v) is 16.0. The molecule has 1 N–H and O–H groups in total. The van der Waals surface area contributed by atoms with Crippen molar-refractivity contribution in [1.29, 1.82) is 0 Å². The minimum Gasteiger partial charge on any atom is -0.326 e. The largest absolute Gasteiger partial charge is 0.326 e. The Hall–Kier alpha value is -1.00. The third kappa shape index (κ3) is 3.97. The molecule has 1 saturated carbocycles. The van der Waals surface area contributed by atoms with Crippen LogP contribution in [0.3, 0.4) is 0 Å². The molecule has 2 fully saturated rings. The molecule has 1 aromatic rings. The molecule has 1 heterocycles. The van der Waals surface area contributed by atoms with Gasteiger partial charge in [0.25, 0.3) is 0 Å². The molecular weight excluding hydrogens is 316 g/mol. The van der Waals surface area contributed by atoms with E-state index >= 15 is 0 Å². The average Bonchev–Trinajstić information content (AvgIpc) is 3.31. The van der Waals surface area contributed by atoms with Gasteiger partial charge >= 0.3 is 0 Å². The second kappa shape index (κ2) is 7.49. The van der Waals surface area contributed by atoms with Crippen LogP contribution in [0.1, 0.15) is 39.5 Å². The van der Waals surface area contributed by atoms with E-state index in [1.165, 1.54) is 30.7 Å². The first-order chi connectivity index (χ1) is 11.6. The summed E-state index contributed by atoms with van der Waals surface area (Å²) in [6.07, 6.45) is 6.77. The molecule has 4 heteroatoms. The van der Waals surface area contributed by atoms with Crippen LogP contribution in [0, 0.1) is 17.3 Å². The standard InChI is InChI=1S/C20H30N2OS/c1-4-15(2)14-22-11-9-20(10-12-22)13-18(20)19(23)21-16-5-7-17(24-3)8-6-16/h5-8,15,18H,4,9-14H2,1-3H3,(H,21,23)/t15-,18-/m1/s1. The summed E-state index contributed by atoms with van der Waals surface area (Å²) < 4.78 is 0. The third-order valence-electron chi connectivity index (χ3n) is 5.98. The van der Waals surface area contributed by atoms with Crippen LogP contribution >= 0.6 is 11.8 Å². The SMILES string of the molecule is CC[C@@H](C)CN1CCC2(CC1)C[C@@H]2C(=O)Nc1ccc(SC)cc1. The number of nitrogens with zero attached hydrogens (tertiary/aromatic N) is 1. The maximum Gasteiger partial charge on any atom is 0.228 e. The van der Waals surface area contributed by atoms with Crippen molar-refractivity contribution in [3.63, 3.8) is 0 Å². The van der Waals surface area contributed by atoms with Gasteiger partial charge in [-0.3, -0.25) is 4.79 Å². The van der Waals surface area contributed by atoms with Crippen molar-refractivity contribution >= 4 is 23.4 Å². The molecule has 132 valence electrons. The molecule has 24 heavy (non-hydrogen) atoms. The number of thioether (sulfide) groups is 1. The smallest absolute Gasteiger partial charge is 0.228 e. The van der Waals surface area contributed by atoms with Gasteiger partial charge in [-0.05, 0) is 74.2 Å². The molecule has 1 amide bonds. The Labute approximate surface area is 150 Å². The first-order valence-corrected chi connectivity index (χ1v) is 10.5. The van der Waals surface area contributed by atoms with Crippen LogP contribution in [0.15, 0.2) is 29.2 Å². The lowest BCUT2D eigenvalue weighted by atomic mass is 9.90. The molecule has 0 aromatic heterocycles. The minimum absolute atomic E-state index is 0.224. The first kappa shape index (κ1) is 17.8. The molecule has 0 unspecified atom stereocenters. The van der Waals surface area contributed by atoms with Crippen molar-refractivity contribution in [2.45, 2.75) is 44.4 Å². The van der Waals surface area contributed by atoms with E-state index in [9.17, 15) is 4.79 Å². The highest BCUT2D eigenvalue weighted by Gasteiger charge is 2.58. The van der Waals surface area contributed by atoms with Gasteiger partial charge in [-0.2, -0.15) is 0 Å². The molecule has 1 spiro atoms. The van der Waals surface area contributed by atoms with Crippen molar-refractivity contribution in [1.82, 2.24) is 4.90 Å². The summed E-state index contributed by atoms with van der Waals surface area (Å²) in [4.78, 5) is 16.4. The van der Waals surface area contributed by atoms with E-state index in [1.54, 1.807) is 11.8 Å². The van der Waals surface area contributed by atoms with E-state index in [2.05, 4.69) is 42.5 Å². The van der Waals surface area contributed by atoms with Crippen molar-refractivity contribution in [2.75, 3.05) is 31.2 Å². The average molecular weight is 347 g/mol. The van der Waals surface area contributed by atoms with Gasteiger partial charge in [0, 0.05) is 23.0 Å². The number of hydrogen-bond acceptors (Lipinski definition) is 3. The number of benzene rings is 1. The van der Waals surface area contributed by atoms with Gasteiger partial charge in [-0.25, -0.2) is 0 Å². The van der Waals surface area contributed by atoms with Crippen LogP contribution in [-0.4, -0.2) is 36.7 Å². The lowest BCUT2D eigenvalue weighted by Crippen LogP contribution is -2.38. The van der Waals surface area contributed by atoms with Crippen LogP contribution in [0.4, 0.5) is 5.69 Å². The molecule has 3 rings (SSSR count). The molecule has 1 aromatic carbocycles. The van der Waals surface area contributed by atoms with Gasteiger partial charge in [-0.15, -0.1) is 11.8 Å². The summed E-state index contributed by atoms with van der Waals surface area (Å²) in [6.45, 7) is 8.14. The maximum absolute atomic E-state index is 12.6. The van der Waals surface area contributed by atoms with Crippen LogP contribution in [0.2, 0.25) is 0 Å². The number of anilines is 1. The molecule has 1 saturated heterocycles. The summed E-state index contributed by atoms with van der Waals surface area (Å²) in [5, 5.41) is 3.12. The molecule has 3 nitrogen and oxygen atoms in total. The van der Waals surface area contributed by atoms with Gasteiger partial charge in [0.15, 0.2) is 0 Å². The zero-order valence-electron chi connectivity index (χ0n) is 15.2. The fourth-order valence-electron chi connectivity index (χ4n) is 3.93. The normalized spacial score (nSPS) is 23.9. The summed E-state index contributed by atoms with van der Waals surface area (Å²) in [5.74, 6) is 1.23. The highest BCUT2D eigenvalue weighted by molar-refractivity contribution is 7.98. The molecule has 2 aliphatic rings. The Kier molecular flexibility index (Phi) is 5.56. The Morgan fingerprint density at radius 1 is 1.33 bits per heavy atom. The molecular formula is C20H30N2OS. The van der Waals surface area contributed by atoms with Gasteiger partial charge in [0.1, 0.15) is 0 Å². The number of amides is 1. The van der Waals surface area contributed by atoms with Gasteiger partial charge in [-0.1, -0.05) is 20.3 Å². The second-order valence-corrected chi connectivity index (χ2v) is 8.53. The van der Waals surface area contributed by atoms with Crippen molar-refractivity contribution in [2.24, 2.45) is 17.3 Å². The number of carbonyl (C=O) groups is 1. The molecule has 1 aliphatic carbocycles. The van der Waals surface area contributed by atoms with E-state index in [-0.39, 0.29) is 11.8 Å². The molecule has 0 radical (unpaired) electrons. The van der Waals surface area contributed by atoms with Crippen molar-refractivity contribution < 1.29 is 4.79 Å². The fraction of sp³-hybridized carbons (Fsp3) is 0.650. The number of nitrogens with one attached hydrogen (secondary N) is 1. The number of hydrogen-bond donors (Lipinski definition) is 1. The van der Waals surface area contributed by atoms with E-state index in [1.807, 2.05) is 12.1 Å². The summed E-state index contributed by atoms with van der Waals surface area (Å²) in [5.41, 5.74) is 1.23. The van der Waals surface area contributed by atoms with Crippen molar-refractivity contribution in [3.8, 4) is 0 Å². The zero-order chi connectivity index (χ0) is 17.2. The number of rotatable bonds is 6. The number of carbonyl (C=O) groups excluding carboxylic acids is 1. The van der Waals surface area contributed by atoms with Crippen LogP contribution in [-0.2, 0) is 4.79 Å². The van der Waals surface area contributed by atoms with Crippen molar-refractivity contribution in [3.05, 3.63) is 24.3 Å². The lowest BCUT2D eigenvalue weighted by molar-refractivity contribution is -0.118.